The normalized spacial score (nSPS) is 16.5. The number of nitrogens with one attached hydrogen (secondary N) is 1. The molecule has 198 valence electrons. The van der Waals surface area contributed by atoms with E-state index >= 15 is 0 Å². The Kier molecular flexibility index (Phi) is 6.40. The lowest BCUT2D eigenvalue weighted by molar-refractivity contribution is -0.132. The number of benzene rings is 3. The van der Waals surface area contributed by atoms with Crippen LogP contribution in [0.4, 0.5) is 5.95 Å². The first-order valence-electron chi connectivity index (χ1n) is 11.7. The van der Waals surface area contributed by atoms with Gasteiger partial charge in [-0.3, -0.25) is 14.5 Å². The Hall–Kier alpha value is -5.32. The Morgan fingerprint density at radius 3 is 2.36 bits per heavy atom. The Morgan fingerprint density at radius 2 is 1.67 bits per heavy atom. The highest BCUT2D eigenvalue weighted by Crippen LogP contribution is 2.44. The molecule has 1 aliphatic heterocycles. The minimum atomic E-state index is -1.13. The molecule has 4 aromatic rings. The minimum absolute atomic E-state index is 0.000819. The van der Waals surface area contributed by atoms with Crippen LogP contribution in [-0.4, -0.2) is 59.2 Å². The third kappa shape index (κ3) is 4.29. The third-order valence-corrected chi connectivity index (χ3v) is 6.46. The van der Waals surface area contributed by atoms with Crippen LogP contribution in [0, 0.1) is 0 Å². The van der Waals surface area contributed by atoms with E-state index in [1.165, 1.54) is 45.6 Å². The van der Waals surface area contributed by atoms with Crippen LogP contribution in [0.2, 0.25) is 0 Å². The molecule has 0 saturated carbocycles. The number of H-pyrrole nitrogens is 1. The van der Waals surface area contributed by atoms with Gasteiger partial charge in [0.2, 0.25) is 5.95 Å². The summed E-state index contributed by atoms with van der Waals surface area (Å²) in [5.41, 5.74) is 1.17. The molecule has 3 N–H and O–H groups in total. The van der Waals surface area contributed by atoms with Crippen molar-refractivity contribution in [1.82, 2.24) is 9.97 Å². The summed E-state index contributed by atoms with van der Waals surface area (Å²) in [6.07, 6.45) is 0. The number of carboxylic acid groups (broad SMARTS) is 1. The topological polar surface area (TPSA) is 151 Å². The van der Waals surface area contributed by atoms with Gasteiger partial charge in [-0.1, -0.05) is 12.1 Å². The molecule has 39 heavy (non-hydrogen) atoms. The largest absolute Gasteiger partial charge is 0.507 e. The summed E-state index contributed by atoms with van der Waals surface area (Å²) in [6.45, 7) is 0. The van der Waals surface area contributed by atoms with E-state index in [-0.39, 0.29) is 28.4 Å². The number of rotatable bonds is 7. The molecule has 11 nitrogen and oxygen atoms in total. The number of aliphatic hydroxyl groups is 1. The van der Waals surface area contributed by atoms with Crippen molar-refractivity contribution in [3.63, 3.8) is 0 Å². The zero-order valence-electron chi connectivity index (χ0n) is 21.1. The van der Waals surface area contributed by atoms with Crippen LogP contribution in [0.3, 0.4) is 0 Å². The summed E-state index contributed by atoms with van der Waals surface area (Å²) >= 11 is 0. The first-order chi connectivity index (χ1) is 18.8. The average molecular weight is 530 g/mol. The predicted octanol–water partition coefficient (Wildman–Crippen LogP) is 3.91. The van der Waals surface area contributed by atoms with Gasteiger partial charge in [-0.05, 0) is 54.1 Å². The molecule has 1 amide bonds. The molecule has 0 radical (unpaired) electrons. The molecule has 5 rings (SSSR count). The van der Waals surface area contributed by atoms with E-state index in [2.05, 4.69) is 9.97 Å². The zero-order valence-corrected chi connectivity index (χ0v) is 21.1. The fourth-order valence-corrected chi connectivity index (χ4v) is 4.57. The van der Waals surface area contributed by atoms with E-state index in [1.807, 2.05) is 0 Å². The highest BCUT2D eigenvalue weighted by Gasteiger charge is 2.48. The summed E-state index contributed by atoms with van der Waals surface area (Å²) < 4.78 is 16.0. The first-order valence-corrected chi connectivity index (χ1v) is 11.7. The van der Waals surface area contributed by atoms with E-state index in [0.717, 1.165) is 4.90 Å². The number of aromatic amines is 1. The Labute approximate surface area is 221 Å². The number of amides is 1. The van der Waals surface area contributed by atoms with E-state index in [0.29, 0.717) is 28.1 Å². The lowest BCUT2D eigenvalue weighted by atomic mass is 9.95. The van der Waals surface area contributed by atoms with Gasteiger partial charge in [-0.2, -0.15) is 0 Å². The molecule has 0 aliphatic carbocycles. The number of aromatic nitrogens is 2. The summed E-state index contributed by atoms with van der Waals surface area (Å²) in [5, 5.41) is 20.9. The maximum absolute atomic E-state index is 13.5. The lowest BCUT2D eigenvalue weighted by Gasteiger charge is -2.23. The van der Waals surface area contributed by atoms with Crippen LogP contribution >= 0.6 is 0 Å². The maximum Gasteiger partial charge on any atom is 0.335 e. The van der Waals surface area contributed by atoms with Gasteiger partial charge in [0, 0.05) is 0 Å². The lowest BCUT2D eigenvalue weighted by Crippen LogP contribution is -2.30. The number of carbonyl (C=O) groups is 3. The molecule has 1 atom stereocenters. The van der Waals surface area contributed by atoms with Gasteiger partial charge in [0.25, 0.3) is 5.78 Å². The number of ether oxygens (including phenoxy) is 3. The highest BCUT2D eigenvalue weighted by atomic mass is 16.5. The smallest absolute Gasteiger partial charge is 0.335 e. The Morgan fingerprint density at radius 1 is 0.923 bits per heavy atom. The van der Waals surface area contributed by atoms with Gasteiger partial charge >= 0.3 is 11.9 Å². The molecule has 3 aromatic carbocycles. The van der Waals surface area contributed by atoms with Crippen molar-refractivity contribution in [2.24, 2.45) is 0 Å². The number of hydrogen-bond donors (Lipinski definition) is 3. The van der Waals surface area contributed by atoms with E-state index in [9.17, 15) is 24.6 Å². The molecular weight excluding hydrogens is 506 g/mol. The van der Waals surface area contributed by atoms with Crippen LogP contribution in [-0.2, 0) is 9.59 Å². The summed E-state index contributed by atoms with van der Waals surface area (Å²) in [5.74, 6) is -2.36. The second-order valence-electron chi connectivity index (χ2n) is 8.61. The molecular formula is C28H23N3O8. The van der Waals surface area contributed by atoms with E-state index in [1.54, 1.807) is 36.4 Å². The van der Waals surface area contributed by atoms with Gasteiger partial charge in [-0.15, -0.1) is 0 Å². The minimum Gasteiger partial charge on any atom is -0.507 e. The Balaban J connectivity index is 1.75. The van der Waals surface area contributed by atoms with Gasteiger partial charge in [0.15, 0.2) is 0 Å². The number of nitrogens with zero attached hydrogens (tertiary/aromatic N) is 2. The Bertz CT molecular complexity index is 1670. The molecule has 11 heteroatoms. The quantitative estimate of drug-likeness (QED) is 0.184. The van der Waals surface area contributed by atoms with Crippen molar-refractivity contribution in [3.8, 4) is 17.2 Å². The average Bonchev–Trinajstić information content (AvgIpc) is 3.49. The number of anilines is 1. The summed E-state index contributed by atoms with van der Waals surface area (Å²) in [6, 6.07) is 14.6. The summed E-state index contributed by atoms with van der Waals surface area (Å²) in [4.78, 5) is 47.0. The van der Waals surface area contributed by atoms with Crippen molar-refractivity contribution in [1.29, 1.82) is 0 Å². The number of hydrogen-bond acceptors (Lipinski definition) is 8. The number of ketones is 1. The number of carboxylic acids is 1. The number of carbonyl (C=O) groups excluding carboxylic acids is 2. The molecule has 0 spiro atoms. The van der Waals surface area contributed by atoms with Gasteiger partial charge in [0.1, 0.15) is 23.0 Å². The second kappa shape index (κ2) is 9.86. The van der Waals surface area contributed by atoms with Crippen LogP contribution in [0.1, 0.15) is 27.5 Å². The molecule has 1 aromatic heterocycles. The first kappa shape index (κ1) is 25.3. The zero-order chi connectivity index (χ0) is 27.8. The highest BCUT2D eigenvalue weighted by molar-refractivity contribution is 6.51. The molecule has 1 fully saturated rings. The standard InChI is InChI=1S/C28H23N3O8/c1-37-16-6-4-5-14(11-16)23-22(24(32)18-13-17(38-2)8-10-21(18)39-3)25(33)26(34)31(23)28-29-19-9-7-15(27(35)36)12-20(19)30-28/h4-13,23,32H,1-3H3,(H,29,30)(H,35,36)/b24-22+. The molecule has 1 unspecified atom stereocenters. The number of imidazole rings is 1. The molecule has 2 heterocycles. The van der Waals surface area contributed by atoms with Crippen LogP contribution in [0.15, 0.2) is 66.2 Å². The molecule has 0 bridgehead atoms. The number of Topliss-reactive ketones (excluding diaryl/α,β-unsaturated/α-hetero) is 1. The van der Waals surface area contributed by atoms with Crippen molar-refractivity contribution in [3.05, 3.63) is 82.9 Å². The number of aromatic carboxylic acids is 1. The molecule has 1 aliphatic rings. The van der Waals surface area contributed by atoms with E-state index in [4.69, 9.17) is 14.2 Å². The van der Waals surface area contributed by atoms with Gasteiger partial charge < -0.3 is 29.4 Å². The van der Waals surface area contributed by atoms with E-state index < -0.39 is 29.5 Å². The summed E-state index contributed by atoms with van der Waals surface area (Å²) in [7, 11) is 4.35. The fraction of sp³-hybridized carbons (Fsp3) is 0.143. The van der Waals surface area contributed by atoms with Crippen molar-refractivity contribution in [2.45, 2.75) is 6.04 Å². The van der Waals surface area contributed by atoms with Crippen LogP contribution in [0.5, 0.6) is 17.2 Å². The second-order valence-corrected chi connectivity index (χ2v) is 8.61. The van der Waals surface area contributed by atoms with Crippen molar-refractivity contribution >= 4 is 40.4 Å². The van der Waals surface area contributed by atoms with Crippen LogP contribution < -0.4 is 19.1 Å². The van der Waals surface area contributed by atoms with Gasteiger partial charge in [0.05, 0.1) is 55.1 Å². The maximum atomic E-state index is 13.5. The fourth-order valence-electron chi connectivity index (χ4n) is 4.57. The predicted molar refractivity (Wildman–Crippen MR) is 140 cm³/mol. The monoisotopic (exact) mass is 529 g/mol. The number of methoxy groups -OCH3 is 3. The van der Waals surface area contributed by atoms with Gasteiger partial charge in [-0.25, -0.2) is 9.78 Å². The van der Waals surface area contributed by atoms with Crippen molar-refractivity contribution < 1.29 is 38.8 Å². The van der Waals surface area contributed by atoms with Crippen molar-refractivity contribution in [2.75, 3.05) is 26.2 Å². The van der Waals surface area contributed by atoms with Crippen LogP contribution in [0.25, 0.3) is 16.8 Å². The SMILES string of the molecule is COc1cccc(C2/C(=C(\O)c3cc(OC)ccc3OC)C(=O)C(=O)N2c2nc3ccc(C(=O)O)cc3[nH]2)c1. The third-order valence-electron chi connectivity index (χ3n) is 6.46. The molecule has 1 saturated heterocycles. The number of fused-ring (bicyclic) bond motifs is 1. The number of aliphatic hydroxyl groups excluding tert-OH is 1.